The van der Waals surface area contributed by atoms with Gasteiger partial charge in [-0.05, 0) is 93.3 Å². The van der Waals surface area contributed by atoms with E-state index in [1.54, 1.807) is 19.2 Å². The van der Waals surface area contributed by atoms with Gasteiger partial charge in [-0.15, -0.1) is 0 Å². The summed E-state index contributed by atoms with van der Waals surface area (Å²) < 4.78 is 17.9. The molecule has 0 aliphatic heterocycles. The summed E-state index contributed by atoms with van der Waals surface area (Å²) in [5.41, 5.74) is 2.80. The third-order valence-corrected chi connectivity index (χ3v) is 12.0. The molecule has 8 heteroatoms. The van der Waals surface area contributed by atoms with E-state index in [1.165, 1.54) is 0 Å². The van der Waals surface area contributed by atoms with Crippen LogP contribution in [0.25, 0.3) is 0 Å². The number of aromatic hydroxyl groups is 2. The highest BCUT2D eigenvalue weighted by atomic mass is 28.4. The Hall–Kier alpha value is -1.85. The number of rotatable bonds is 13. The minimum atomic E-state index is -2.22. The maximum Gasteiger partial charge on any atom is 0.321 e. The SMILES string of the molecule is COc1cc(CCCO[Si](C)(C)O[Si](C)(C)CCCc2ccc(O)c(CO)c2)ccc1O. The number of ether oxygens (including phenoxy) is 1. The second-order valence-electron chi connectivity index (χ2n) is 9.19. The van der Waals surface area contributed by atoms with Crippen molar-refractivity contribution in [2.75, 3.05) is 13.7 Å². The first kappa shape index (κ1) is 26.4. The lowest BCUT2D eigenvalue weighted by Crippen LogP contribution is -2.46. The van der Waals surface area contributed by atoms with Crippen LogP contribution in [0.5, 0.6) is 17.2 Å². The van der Waals surface area contributed by atoms with Crippen LogP contribution in [0.15, 0.2) is 36.4 Å². The summed E-state index contributed by atoms with van der Waals surface area (Å²) in [6, 6.07) is 11.9. The first-order valence-corrected chi connectivity index (χ1v) is 17.1. The molecular formula is C24H38O6Si2. The number of phenolic OH excluding ortho intramolecular Hbond substituents is 1. The fourth-order valence-corrected chi connectivity index (χ4v) is 11.5. The van der Waals surface area contributed by atoms with Crippen molar-refractivity contribution in [1.29, 1.82) is 0 Å². The van der Waals surface area contributed by atoms with Crippen molar-refractivity contribution in [1.82, 2.24) is 0 Å². The number of methoxy groups -OCH3 is 1. The van der Waals surface area contributed by atoms with E-state index >= 15 is 0 Å². The maximum absolute atomic E-state index is 9.71. The smallest absolute Gasteiger partial charge is 0.321 e. The number of aryl methyl sites for hydroxylation is 2. The highest BCUT2D eigenvalue weighted by Gasteiger charge is 2.34. The van der Waals surface area contributed by atoms with Gasteiger partial charge in [0.25, 0.3) is 0 Å². The Bertz CT molecular complexity index is 870. The fraction of sp³-hybridized carbons (Fsp3) is 0.500. The first-order chi connectivity index (χ1) is 15.0. The molecule has 0 bridgehead atoms. The third-order valence-electron chi connectivity index (χ3n) is 5.38. The average Bonchev–Trinajstić information content (AvgIpc) is 2.72. The Morgan fingerprint density at radius 3 is 2.12 bits per heavy atom. The molecule has 2 aromatic carbocycles. The molecule has 0 atom stereocenters. The number of phenols is 2. The van der Waals surface area contributed by atoms with Gasteiger partial charge in [0, 0.05) is 12.2 Å². The number of benzene rings is 2. The highest BCUT2D eigenvalue weighted by Crippen LogP contribution is 2.27. The van der Waals surface area contributed by atoms with Gasteiger partial charge in [0.2, 0.25) is 0 Å². The molecule has 0 aromatic heterocycles. The van der Waals surface area contributed by atoms with Gasteiger partial charge in [0.15, 0.2) is 19.8 Å². The first-order valence-electron chi connectivity index (χ1n) is 11.2. The van der Waals surface area contributed by atoms with Crippen LogP contribution in [0.2, 0.25) is 32.2 Å². The molecule has 0 fully saturated rings. The van der Waals surface area contributed by atoms with E-state index in [9.17, 15) is 15.3 Å². The molecule has 0 unspecified atom stereocenters. The van der Waals surface area contributed by atoms with E-state index in [-0.39, 0.29) is 18.1 Å². The van der Waals surface area contributed by atoms with Crippen molar-refractivity contribution in [3.63, 3.8) is 0 Å². The second-order valence-corrected chi connectivity index (χ2v) is 17.1. The molecule has 0 amide bonds. The van der Waals surface area contributed by atoms with Crippen molar-refractivity contribution in [2.45, 2.75) is 64.5 Å². The van der Waals surface area contributed by atoms with Crippen LogP contribution in [0.4, 0.5) is 0 Å². The highest BCUT2D eigenvalue weighted by molar-refractivity contribution is 6.82. The largest absolute Gasteiger partial charge is 0.508 e. The van der Waals surface area contributed by atoms with Crippen LogP contribution in [0.1, 0.15) is 29.5 Å². The van der Waals surface area contributed by atoms with E-state index in [2.05, 4.69) is 26.2 Å². The molecule has 0 heterocycles. The molecule has 0 saturated carbocycles. The van der Waals surface area contributed by atoms with Crippen molar-refractivity contribution in [3.8, 4) is 17.2 Å². The Balaban J connectivity index is 1.75. The second kappa shape index (κ2) is 11.9. The van der Waals surface area contributed by atoms with E-state index in [4.69, 9.17) is 13.3 Å². The van der Waals surface area contributed by atoms with Gasteiger partial charge in [-0.2, -0.15) is 0 Å². The summed E-state index contributed by atoms with van der Waals surface area (Å²) in [6.07, 6.45) is 3.63. The number of aliphatic hydroxyl groups excluding tert-OH is 1. The summed E-state index contributed by atoms with van der Waals surface area (Å²) in [4.78, 5) is 0. The van der Waals surface area contributed by atoms with E-state index in [0.717, 1.165) is 42.9 Å². The maximum atomic E-state index is 9.71. The van der Waals surface area contributed by atoms with E-state index in [0.29, 0.717) is 17.9 Å². The molecular weight excluding hydrogens is 440 g/mol. The Labute approximate surface area is 194 Å². The van der Waals surface area contributed by atoms with Gasteiger partial charge in [0.05, 0.1) is 13.7 Å². The quantitative estimate of drug-likeness (QED) is 0.274. The van der Waals surface area contributed by atoms with E-state index < -0.39 is 16.9 Å². The standard InChI is InChI=1S/C24H38O6Si2/c1-28-24-17-20(11-13-23(24)27)8-6-14-29-32(4,5)30-31(2,3)15-7-9-19-10-12-22(26)21(16-19)18-25/h10-13,16-17,25-27H,6-9,14-15,18H2,1-5H3. The molecule has 2 rings (SSSR count). The van der Waals surface area contributed by atoms with Gasteiger partial charge in [0.1, 0.15) is 5.75 Å². The summed E-state index contributed by atoms with van der Waals surface area (Å²) in [5.74, 6) is 0.790. The van der Waals surface area contributed by atoms with Crippen LogP contribution in [0.3, 0.4) is 0 Å². The number of hydrogen-bond acceptors (Lipinski definition) is 6. The predicted octanol–water partition coefficient (Wildman–Crippen LogP) is 5.10. The van der Waals surface area contributed by atoms with Crippen molar-refractivity contribution >= 4 is 16.9 Å². The normalized spacial score (nSPS) is 12.2. The molecule has 3 N–H and O–H groups in total. The zero-order chi connectivity index (χ0) is 23.8. The Morgan fingerprint density at radius 2 is 1.47 bits per heavy atom. The van der Waals surface area contributed by atoms with Gasteiger partial charge in [-0.25, -0.2) is 0 Å². The number of aliphatic hydroxyl groups is 1. The average molecular weight is 479 g/mol. The van der Waals surface area contributed by atoms with Gasteiger partial charge < -0.3 is 28.6 Å². The summed E-state index contributed by atoms with van der Waals surface area (Å²) in [7, 11) is -2.55. The van der Waals surface area contributed by atoms with Crippen LogP contribution in [-0.2, 0) is 28.0 Å². The van der Waals surface area contributed by atoms with Crippen molar-refractivity contribution in [2.24, 2.45) is 0 Å². The lowest BCUT2D eigenvalue weighted by molar-refractivity contribution is 0.241. The van der Waals surface area contributed by atoms with Crippen LogP contribution >= 0.6 is 0 Å². The number of hydrogen-bond donors (Lipinski definition) is 3. The summed E-state index contributed by atoms with van der Waals surface area (Å²) in [5, 5.41) is 28.7. The molecule has 0 aliphatic carbocycles. The van der Waals surface area contributed by atoms with Gasteiger partial charge in [-0.1, -0.05) is 12.1 Å². The Morgan fingerprint density at radius 1 is 0.844 bits per heavy atom. The summed E-state index contributed by atoms with van der Waals surface area (Å²) >= 11 is 0. The molecule has 0 spiro atoms. The van der Waals surface area contributed by atoms with Crippen molar-refractivity contribution < 1.29 is 28.6 Å². The fourth-order valence-electron chi connectivity index (χ4n) is 3.86. The van der Waals surface area contributed by atoms with Crippen LogP contribution < -0.4 is 4.74 Å². The van der Waals surface area contributed by atoms with Crippen LogP contribution in [0, 0.1) is 0 Å². The molecule has 0 saturated heterocycles. The molecule has 0 aliphatic rings. The minimum absolute atomic E-state index is 0.142. The monoisotopic (exact) mass is 478 g/mol. The molecule has 2 aromatic rings. The lowest BCUT2D eigenvalue weighted by Gasteiger charge is -2.33. The van der Waals surface area contributed by atoms with E-state index in [1.807, 2.05) is 24.3 Å². The van der Waals surface area contributed by atoms with Gasteiger partial charge in [-0.3, -0.25) is 0 Å². The molecule has 32 heavy (non-hydrogen) atoms. The zero-order valence-corrected chi connectivity index (χ0v) is 22.0. The predicted molar refractivity (Wildman–Crippen MR) is 132 cm³/mol. The zero-order valence-electron chi connectivity index (χ0n) is 20.0. The molecule has 0 radical (unpaired) electrons. The molecule has 178 valence electrons. The summed E-state index contributed by atoms with van der Waals surface area (Å²) in [6.45, 7) is 9.19. The third kappa shape index (κ3) is 8.59. The van der Waals surface area contributed by atoms with Crippen molar-refractivity contribution in [3.05, 3.63) is 53.1 Å². The Kier molecular flexibility index (Phi) is 9.78. The minimum Gasteiger partial charge on any atom is -0.508 e. The molecule has 6 nitrogen and oxygen atoms in total. The van der Waals surface area contributed by atoms with Gasteiger partial charge >= 0.3 is 8.56 Å². The van der Waals surface area contributed by atoms with Crippen LogP contribution in [-0.4, -0.2) is 45.9 Å². The topological polar surface area (TPSA) is 88.4 Å². The lowest BCUT2D eigenvalue weighted by atomic mass is 10.1.